The Balaban J connectivity index is 1.39. The Morgan fingerprint density at radius 3 is 2.82 bits per heavy atom. The summed E-state index contributed by atoms with van der Waals surface area (Å²) in [4.78, 5) is 15.3. The minimum Gasteiger partial charge on any atom is -0.755 e. The third-order valence-corrected chi connectivity index (χ3v) is 7.31. The molecule has 0 saturated heterocycles. The highest BCUT2D eigenvalue weighted by molar-refractivity contribution is 7.80. The van der Waals surface area contributed by atoms with Crippen molar-refractivity contribution in [2.24, 2.45) is 0 Å². The second-order valence-corrected chi connectivity index (χ2v) is 9.37. The first-order valence-corrected chi connectivity index (χ1v) is 12.3. The molecule has 2 aromatic carbocycles. The van der Waals surface area contributed by atoms with Gasteiger partial charge in [0.1, 0.15) is 17.4 Å². The monoisotopic (exact) mass is 465 g/mol. The van der Waals surface area contributed by atoms with Crippen molar-refractivity contribution in [2.75, 3.05) is 4.31 Å². The maximum Gasteiger partial charge on any atom is 0.327 e. The summed E-state index contributed by atoms with van der Waals surface area (Å²) in [6, 6.07) is 11.9. The smallest absolute Gasteiger partial charge is 0.327 e. The molecular weight excluding hydrogens is 440 g/mol. The first kappa shape index (κ1) is 21.7. The van der Waals surface area contributed by atoms with Crippen molar-refractivity contribution in [1.29, 1.82) is 0 Å². The van der Waals surface area contributed by atoms with Crippen LogP contribution >= 0.6 is 0 Å². The molecule has 172 valence electrons. The molecule has 5 rings (SSSR count). The van der Waals surface area contributed by atoms with Crippen LogP contribution in [0.4, 0.5) is 5.69 Å². The Hall–Kier alpha value is -3.10. The molecule has 2 heterocycles. The summed E-state index contributed by atoms with van der Waals surface area (Å²) in [5.41, 5.74) is 4.22. The number of fused-ring (bicyclic) bond motifs is 4. The van der Waals surface area contributed by atoms with E-state index >= 15 is 0 Å². The van der Waals surface area contributed by atoms with Crippen LogP contribution in [0.1, 0.15) is 42.6 Å². The van der Waals surface area contributed by atoms with E-state index in [0.717, 1.165) is 57.6 Å². The van der Waals surface area contributed by atoms with Crippen molar-refractivity contribution in [3.8, 4) is 0 Å². The molecule has 0 spiro atoms. The quantitative estimate of drug-likeness (QED) is 0.361. The van der Waals surface area contributed by atoms with Gasteiger partial charge in [0.25, 0.3) is 0 Å². The number of hydrogen-bond acceptors (Lipinski definition) is 4. The predicted molar refractivity (Wildman–Crippen MR) is 127 cm³/mol. The molecule has 0 bridgehead atoms. The maximum absolute atomic E-state index is 12.2. The molecule has 1 aliphatic rings. The standard InChI is InChI=1S/C25H26N2O5S/c28-25(29)22(10-5-6-16-15-26-21-9-3-1-7-18(16)21)27(33(30)31)17-12-13-20-19-8-2-4-11-23(19)32-24(20)14-17/h1,3,7,9,12-15,22,26H,2,4-6,8,10-11H2,(H,28,29)(H,30,31)/p-1. The predicted octanol–water partition coefficient (Wildman–Crippen LogP) is 4.87. The zero-order valence-electron chi connectivity index (χ0n) is 18.1. The molecule has 4 aromatic rings. The van der Waals surface area contributed by atoms with Crippen LogP contribution in [0.3, 0.4) is 0 Å². The van der Waals surface area contributed by atoms with Gasteiger partial charge < -0.3 is 19.1 Å². The Morgan fingerprint density at radius 2 is 2.00 bits per heavy atom. The summed E-state index contributed by atoms with van der Waals surface area (Å²) in [6.07, 6.45) is 7.31. The number of carboxylic acid groups (broad SMARTS) is 1. The molecule has 8 heteroatoms. The van der Waals surface area contributed by atoms with Gasteiger partial charge in [-0.2, -0.15) is 0 Å². The Morgan fingerprint density at radius 1 is 1.18 bits per heavy atom. The molecule has 0 aliphatic heterocycles. The Bertz CT molecular complexity index is 1340. The normalized spacial score (nSPS) is 15.4. The fourth-order valence-corrected chi connectivity index (χ4v) is 5.61. The summed E-state index contributed by atoms with van der Waals surface area (Å²) >= 11 is -2.75. The molecule has 2 aromatic heterocycles. The molecule has 0 amide bonds. The van der Waals surface area contributed by atoms with Gasteiger partial charge >= 0.3 is 5.97 Å². The summed E-state index contributed by atoms with van der Waals surface area (Å²) < 4.78 is 31.3. The number of anilines is 1. The van der Waals surface area contributed by atoms with Crippen molar-refractivity contribution in [1.82, 2.24) is 4.98 Å². The van der Waals surface area contributed by atoms with E-state index in [1.165, 1.54) is 5.56 Å². The summed E-state index contributed by atoms with van der Waals surface area (Å²) in [6.45, 7) is 0. The minimum atomic E-state index is -2.75. The number of aromatic nitrogens is 1. The topological polar surface area (TPSA) is 110 Å². The van der Waals surface area contributed by atoms with E-state index in [1.54, 1.807) is 12.1 Å². The highest BCUT2D eigenvalue weighted by Crippen LogP contribution is 2.35. The van der Waals surface area contributed by atoms with Crippen LogP contribution < -0.4 is 4.31 Å². The Kier molecular flexibility index (Phi) is 5.95. The van der Waals surface area contributed by atoms with Crippen molar-refractivity contribution in [2.45, 2.75) is 51.0 Å². The largest absolute Gasteiger partial charge is 0.755 e. The van der Waals surface area contributed by atoms with Crippen LogP contribution in [-0.2, 0) is 35.3 Å². The first-order valence-electron chi connectivity index (χ1n) is 11.2. The van der Waals surface area contributed by atoms with Gasteiger partial charge in [-0.3, -0.25) is 8.51 Å². The number of nitrogens with one attached hydrogen (secondary N) is 1. The number of hydrogen-bond donors (Lipinski definition) is 2. The molecule has 0 saturated carbocycles. The van der Waals surface area contributed by atoms with Crippen LogP contribution in [0.5, 0.6) is 0 Å². The number of nitrogens with zero attached hydrogens (tertiary/aromatic N) is 1. The number of H-pyrrole nitrogens is 1. The number of carboxylic acids is 1. The fourth-order valence-electron chi connectivity index (χ4n) is 4.92. The van der Waals surface area contributed by atoms with Gasteiger partial charge in [-0.15, -0.1) is 0 Å². The molecule has 2 N–H and O–H groups in total. The van der Waals surface area contributed by atoms with Crippen LogP contribution in [0, 0.1) is 0 Å². The van der Waals surface area contributed by atoms with Gasteiger partial charge in [0.15, 0.2) is 0 Å². The second kappa shape index (κ2) is 9.03. The summed E-state index contributed by atoms with van der Waals surface area (Å²) in [5, 5.41) is 12.0. The van der Waals surface area contributed by atoms with E-state index in [-0.39, 0.29) is 6.42 Å². The van der Waals surface area contributed by atoms with Gasteiger partial charge in [-0.05, 0) is 62.3 Å². The van der Waals surface area contributed by atoms with Crippen molar-refractivity contribution in [3.63, 3.8) is 0 Å². The number of para-hydroxylation sites is 1. The van der Waals surface area contributed by atoms with E-state index < -0.39 is 23.3 Å². The molecule has 2 unspecified atom stereocenters. The molecule has 1 aliphatic carbocycles. The lowest BCUT2D eigenvalue weighted by atomic mass is 9.96. The number of rotatable bonds is 8. The van der Waals surface area contributed by atoms with Gasteiger partial charge in [-0.25, -0.2) is 4.79 Å². The lowest BCUT2D eigenvalue weighted by Gasteiger charge is -2.32. The lowest BCUT2D eigenvalue weighted by Crippen LogP contribution is -2.42. The van der Waals surface area contributed by atoms with Crippen LogP contribution in [0.25, 0.3) is 21.9 Å². The van der Waals surface area contributed by atoms with Gasteiger partial charge in [0.2, 0.25) is 0 Å². The average molecular weight is 466 g/mol. The van der Waals surface area contributed by atoms with E-state index in [1.807, 2.05) is 36.5 Å². The maximum atomic E-state index is 12.2. The third-order valence-electron chi connectivity index (χ3n) is 6.52. The van der Waals surface area contributed by atoms with E-state index in [0.29, 0.717) is 24.1 Å². The number of aromatic amines is 1. The number of furan rings is 1. The van der Waals surface area contributed by atoms with E-state index in [2.05, 4.69) is 4.98 Å². The van der Waals surface area contributed by atoms with Crippen LogP contribution in [0.2, 0.25) is 0 Å². The molecule has 33 heavy (non-hydrogen) atoms. The first-order chi connectivity index (χ1) is 16.0. The third kappa shape index (κ3) is 4.16. The SMILES string of the molecule is O=C(O)C(CCCc1c[nH]c2ccccc12)N(c1ccc2c3c(oc2c1)CCCC3)S(=O)[O-]. The lowest BCUT2D eigenvalue weighted by molar-refractivity contribution is -0.138. The number of benzene rings is 2. The number of aryl methyl sites for hydroxylation is 3. The fraction of sp³-hybridized carbons (Fsp3) is 0.320. The zero-order valence-corrected chi connectivity index (χ0v) is 18.9. The average Bonchev–Trinajstić information content (AvgIpc) is 3.39. The number of carbonyl (C=O) groups is 1. The van der Waals surface area contributed by atoms with Gasteiger partial charge in [0.05, 0.1) is 5.69 Å². The number of aliphatic carboxylic acids is 1. The summed E-state index contributed by atoms with van der Waals surface area (Å²) in [5.74, 6) is -0.214. The molecule has 0 radical (unpaired) electrons. The molecule has 7 nitrogen and oxygen atoms in total. The molecule has 0 fully saturated rings. The highest BCUT2D eigenvalue weighted by atomic mass is 32.2. The molecular formula is C25H25N2O5S-. The summed E-state index contributed by atoms with van der Waals surface area (Å²) in [7, 11) is 0. The molecule has 2 atom stereocenters. The zero-order chi connectivity index (χ0) is 22.9. The van der Waals surface area contributed by atoms with E-state index in [9.17, 15) is 18.7 Å². The van der Waals surface area contributed by atoms with Crippen molar-refractivity contribution in [3.05, 3.63) is 65.5 Å². The van der Waals surface area contributed by atoms with Gasteiger partial charge in [-0.1, -0.05) is 18.2 Å². The highest BCUT2D eigenvalue weighted by Gasteiger charge is 2.28. The van der Waals surface area contributed by atoms with Crippen LogP contribution in [0.15, 0.2) is 53.1 Å². The van der Waals surface area contributed by atoms with Crippen molar-refractivity contribution >= 4 is 44.8 Å². The second-order valence-electron chi connectivity index (χ2n) is 8.54. The van der Waals surface area contributed by atoms with Crippen molar-refractivity contribution < 1.29 is 23.1 Å². The Labute approximate surface area is 193 Å². The van der Waals surface area contributed by atoms with Crippen LogP contribution in [-0.4, -0.2) is 30.9 Å². The minimum absolute atomic E-state index is 0.190. The van der Waals surface area contributed by atoms with E-state index in [4.69, 9.17) is 4.42 Å². The van der Waals surface area contributed by atoms with Gasteiger partial charge in [0, 0.05) is 51.8 Å².